The molecule has 0 bridgehead atoms. The number of halogens is 1. The van der Waals surface area contributed by atoms with E-state index in [1.807, 2.05) is 34.6 Å². The first-order valence-electron chi connectivity index (χ1n) is 10.7. The minimum atomic E-state index is -0.503. The van der Waals surface area contributed by atoms with Crippen molar-refractivity contribution in [2.75, 3.05) is 33.2 Å². The zero-order valence-corrected chi connectivity index (χ0v) is 21.9. The van der Waals surface area contributed by atoms with Crippen LogP contribution in [0, 0.1) is 0 Å². The predicted molar refractivity (Wildman–Crippen MR) is 132 cm³/mol. The average molecular weight is 526 g/mol. The summed E-state index contributed by atoms with van der Waals surface area (Å²) in [5, 5.41) is 9.54. The third-order valence-corrected chi connectivity index (χ3v) is 4.87. The molecule has 0 aromatic carbocycles. The largest absolute Gasteiger partial charge is 0.444 e. The predicted octanol–water partition coefficient (Wildman–Crippen LogP) is 3.73. The van der Waals surface area contributed by atoms with Crippen LogP contribution in [0.25, 0.3) is 0 Å². The molecular weight excluding hydrogens is 481 g/mol. The second kappa shape index (κ2) is 13.5. The maximum Gasteiger partial charge on any atom is 0.408 e. The van der Waals surface area contributed by atoms with Crippen LogP contribution in [0.5, 0.6) is 0 Å². The highest BCUT2D eigenvalue weighted by molar-refractivity contribution is 14.0. The number of piperidine rings is 1. The summed E-state index contributed by atoms with van der Waals surface area (Å²) in [6.45, 7) is 15.7. The summed E-state index contributed by atoms with van der Waals surface area (Å²) in [6.07, 6.45) is 5.95. The Morgan fingerprint density at radius 1 is 1.14 bits per heavy atom. The van der Waals surface area contributed by atoms with E-state index in [2.05, 4.69) is 32.8 Å². The number of ether oxygens (including phenoxy) is 1. The van der Waals surface area contributed by atoms with E-state index in [1.54, 1.807) is 7.05 Å². The Balaban J connectivity index is 0.00000784. The van der Waals surface area contributed by atoms with Crippen LogP contribution in [-0.4, -0.2) is 67.4 Å². The van der Waals surface area contributed by atoms with Crippen molar-refractivity contribution >= 4 is 36.0 Å². The fraction of sp³-hybridized carbons (Fsp3) is 0.905. The molecule has 1 atom stereocenters. The first-order chi connectivity index (χ1) is 13.0. The lowest BCUT2D eigenvalue weighted by molar-refractivity contribution is 0.0474. The number of aliphatic imine (C=N–C) groups is 1. The van der Waals surface area contributed by atoms with Crippen molar-refractivity contribution in [3.8, 4) is 0 Å². The highest BCUT2D eigenvalue weighted by Crippen LogP contribution is 2.16. The van der Waals surface area contributed by atoms with Crippen molar-refractivity contribution < 1.29 is 9.53 Å². The van der Waals surface area contributed by atoms with E-state index in [4.69, 9.17) is 4.74 Å². The number of alkyl carbamates (subject to hydrolysis) is 1. The molecule has 29 heavy (non-hydrogen) atoms. The standard InChI is InChI=1S/C21H43N5O2.HI/c1-17-12-8-10-14-26(17)15-11-9-13-23-18(22-7)24-16-21(5,6)25-19(27)28-20(2,3)4;/h17H,8-16H2,1-7H3,(H,25,27)(H2,22,23,24);1H. The number of amides is 1. The quantitative estimate of drug-likeness (QED) is 0.195. The van der Waals surface area contributed by atoms with Gasteiger partial charge in [0, 0.05) is 26.2 Å². The van der Waals surface area contributed by atoms with Crippen LogP contribution in [0.1, 0.15) is 73.6 Å². The first-order valence-corrected chi connectivity index (χ1v) is 10.7. The molecular formula is C21H44IN5O2. The summed E-state index contributed by atoms with van der Waals surface area (Å²) >= 11 is 0. The van der Waals surface area contributed by atoms with E-state index >= 15 is 0 Å². The van der Waals surface area contributed by atoms with E-state index in [-0.39, 0.29) is 24.0 Å². The smallest absolute Gasteiger partial charge is 0.408 e. The van der Waals surface area contributed by atoms with E-state index in [0.29, 0.717) is 6.54 Å². The first kappa shape index (κ1) is 28.2. The fourth-order valence-electron chi connectivity index (χ4n) is 3.29. The summed E-state index contributed by atoms with van der Waals surface area (Å²) in [5.74, 6) is 0.755. The van der Waals surface area contributed by atoms with Gasteiger partial charge in [-0.25, -0.2) is 4.79 Å². The maximum atomic E-state index is 12.0. The minimum Gasteiger partial charge on any atom is -0.444 e. The summed E-state index contributed by atoms with van der Waals surface area (Å²) in [5.41, 5.74) is -0.957. The fourth-order valence-corrected chi connectivity index (χ4v) is 3.29. The van der Waals surface area contributed by atoms with Gasteiger partial charge in [0.2, 0.25) is 0 Å². The number of nitrogens with one attached hydrogen (secondary N) is 3. The number of nitrogens with zero attached hydrogens (tertiary/aromatic N) is 2. The lowest BCUT2D eigenvalue weighted by Crippen LogP contribution is -2.54. The third-order valence-electron chi connectivity index (χ3n) is 4.87. The van der Waals surface area contributed by atoms with Gasteiger partial charge in [-0.05, 0) is 80.3 Å². The Morgan fingerprint density at radius 2 is 1.83 bits per heavy atom. The number of hydrogen-bond donors (Lipinski definition) is 3. The Labute approximate surface area is 195 Å². The van der Waals surface area contributed by atoms with Gasteiger partial charge in [0.05, 0.1) is 5.54 Å². The molecule has 3 N–H and O–H groups in total. The third kappa shape index (κ3) is 13.2. The molecule has 1 aliphatic rings. The van der Waals surface area contributed by atoms with Crippen molar-refractivity contribution in [2.24, 2.45) is 4.99 Å². The van der Waals surface area contributed by atoms with Crippen LogP contribution in [0.3, 0.4) is 0 Å². The Bertz CT molecular complexity index is 506. The monoisotopic (exact) mass is 525 g/mol. The highest BCUT2D eigenvalue weighted by atomic mass is 127. The van der Waals surface area contributed by atoms with Gasteiger partial charge in [0.15, 0.2) is 5.96 Å². The molecule has 8 heteroatoms. The van der Waals surface area contributed by atoms with Gasteiger partial charge in [-0.1, -0.05) is 6.42 Å². The molecule has 0 spiro atoms. The number of rotatable bonds is 8. The van der Waals surface area contributed by atoms with Crippen LogP contribution >= 0.6 is 24.0 Å². The van der Waals surface area contributed by atoms with Crippen LogP contribution in [0.2, 0.25) is 0 Å². The number of hydrogen-bond acceptors (Lipinski definition) is 4. The molecule has 0 aliphatic carbocycles. The molecule has 1 heterocycles. The summed E-state index contributed by atoms with van der Waals surface area (Å²) in [4.78, 5) is 18.9. The number of carbonyl (C=O) groups excluding carboxylic acids is 1. The van der Waals surface area contributed by atoms with Gasteiger partial charge in [0.1, 0.15) is 5.60 Å². The van der Waals surface area contributed by atoms with Crippen LogP contribution in [0.4, 0.5) is 4.79 Å². The zero-order chi connectivity index (χ0) is 21.2. The number of carbonyl (C=O) groups is 1. The topological polar surface area (TPSA) is 78.0 Å². The van der Waals surface area contributed by atoms with Gasteiger partial charge in [0.25, 0.3) is 0 Å². The van der Waals surface area contributed by atoms with Gasteiger partial charge < -0.3 is 25.6 Å². The molecule has 7 nitrogen and oxygen atoms in total. The minimum absolute atomic E-state index is 0. The van der Waals surface area contributed by atoms with E-state index in [0.717, 1.165) is 25.0 Å². The van der Waals surface area contributed by atoms with Gasteiger partial charge in [-0.2, -0.15) is 0 Å². The number of likely N-dealkylation sites (tertiary alicyclic amines) is 1. The van der Waals surface area contributed by atoms with E-state index in [1.165, 1.54) is 38.8 Å². The molecule has 0 aromatic heterocycles. The maximum absolute atomic E-state index is 12.0. The van der Waals surface area contributed by atoms with Gasteiger partial charge in [-0.15, -0.1) is 24.0 Å². The van der Waals surface area contributed by atoms with E-state index in [9.17, 15) is 4.79 Å². The molecule has 0 radical (unpaired) electrons. The van der Waals surface area contributed by atoms with Crippen molar-refractivity contribution in [1.82, 2.24) is 20.9 Å². The molecule has 1 unspecified atom stereocenters. The van der Waals surface area contributed by atoms with Crippen molar-refractivity contribution in [2.45, 2.75) is 90.8 Å². The normalized spacial score (nSPS) is 18.6. The molecule has 1 rings (SSSR count). The number of guanidine groups is 1. The zero-order valence-electron chi connectivity index (χ0n) is 19.6. The van der Waals surface area contributed by atoms with Crippen LogP contribution in [0.15, 0.2) is 4.99 Å². The van der Waals surface area contributed by atoms with E-state index < -0.39 is 17.2 Å². The molecule has 1 aliphatic heterocycles. The van der Waals surface area contributed by atoms with Crippen molar-refractivity contribution in [3.05, 3.63) is 0 Å². The van der Waals surface area contributed by atoms with Gasteiger partial charge >= 0.3 is 6.09 Å². The Hall–Kier alpha value is -0.770. The summed E-state index contributed by atoms with van der Waals surface area (Å²) in [7, 11) is 1.76. The lowest BCUT2D eigenvalue weighted by atomic mass is 10.0. The summed E-state index contributed by atoms with van der Waals surface area (Å²) < 4.78 is 5.33. The Kier molecular flexibility index (Phi) is 13.2. The molecule has 172 valence electrons. The van der Waals surface area contributed by atoms with Gasteiger partial charge in [-0.3, -0.25) is 4.99 Å². The molecule has 1 fully saturated rings. The number of unbranched alkanes of at least 4 members (excludes halogenated alkanes) is 1. The molecule has 0 aromatic rings. The second-order valence-corrected chi connectivity index (χ2v) is 9.45. The van der Waals surface area contributed by atoms with Crippen LogP contribution in [-0.2, 0) is 4.74 Å². The van der Waals surface area contributed by atoms with Crippen LogP contribution < -0.4 is 16.0 Å². The highest BCUT2D eigenvalue weighted by Gasteiger charge is 2.24. The van der Waals surface area contributed by atoms with Crippen molar-refractivity contribution in [1.29, 1.82) is 0 Å². The average Bonchev–Trinajstić information content (AvgIpc) is 2.56. The SMILES string of the molecule is CN=C(NCCCCN1CCCCC1C)NCC(C)(C)NC(=O)OC(C)(C)C.I. The van der Waals surface area contributed by atoms with Crippen molar-refractivity contribution in [3.63, 3.8) is 0 Å². The Morgan fingerprint density at radius 3 is 2.41 bits per heavy atom. The summed E-state index contributed by atoms with van der Waals surface area (Å²) in [6, 6.07) is 0.732. The lowest BCUT2D eigenvalue weighted by Gasteiger charge is -2.33. The molecule has 0 saturated carbocycles. The second-order valence-electron chi connectivity index (χ2n) is 9.45. The molecule has 1 amide bonds. The molecule has 1 saturated heterocycles.